The summed E-state index contributed by atoms with van der Waals surface area (Å²) in [6.45, 7) is 6.50. The number of benzene rings is 1. The number of hydrogen-bond acceptors (Lipinski definition) is 2. The normalized spacial score (nSPS) is 12.4. The number of carbonyl (C=O) groups is 1. The molecule has 2 rings (SSSR count). The lowest BCUT2D eigenvalue weighted by molar-refractivity contribution is 0.0938. The molecule has 118 valence electrons. The summed E-state index contributed by atoms with van der Waals surface area (Å²) < 4.78 is 0. The maximum atomic E-state index is 12.4. The van der Waals surface area contributed by atoms with Gasteiger partial charge >= 0.3 is 0 Å². The molecule has 0 aliphatic rings. The average molecular weight is 299 g/mol. The minimum absolute atomic E-state index is 0.0651. The predicted octanol–water partition coefficient (Wildman–Crippen LogP) is 4.02. The van der Waals surface area contributed by atoms with Gasteiger partial charge in [0.25, 0.3) is 5.91 Å². The third-order valence-electron chi connectivity index (χ3n) is 3.74. The molecule has 4 heteroatoms. The van der Waals surface area contributed by atoms with E-state index in [4.69, 9.17) is 0 Å². The van der Waals surface area contributed by atoms with E-state index in [-0.39, 0.29) is 11.9 Å². The molecule has 0 spiro atoms. The second kappa shape index (κ2) is 7.78. The first-order valence-corrected chi connectivity index (χ1v) is 7.97. The Bertz CT molecular complexity index is 589. The molecular weight excluding hydrogens is 274 g/mol. The second-order valence-corrected chi connectivity index (χ2v) is 6.22. The van der Waals surface area contributed by atoms with Crippen LogP contribution in [0.5, 0.6) is 0 Å². The van der Waals surface area contributed by atoms with E-state index in [0.717, 1.165) is 24.1 Å². The number of nitrogens with one attached hydrogen (secondary N) is 2. The van der Waals surface area contributed by atoms with Crippen LogP contribution in [0, 0.1) is 5.92 Å². The van der Waals surface area contributed by atoms with Crippen LogP contribution in [0.1, 0.15) is 50.4 Å². The number of amides is 1. The Morgan fingerprint density at radius 1 is 1.18 bits per heavy atom. The van der Waals surface area contributed by atoms with Crippen molar-refractivity contribution >= 4 is 5.91 Å². The lowest BCUT2D eigenvalue weighted by atomic mass is 10.0. The van der Waals surface area contributed by atoms with Crippen molar-refractivity contribution in [2.75, 3.05) is 0 Å². The predicted molar refractivity (Wildman–Crippen MR) is 89.6 cm³/mol. The van der Waals surface area contributed by atoms with Crippen molar-refractivity contribution in [1.82, 2.24) is 15.5 Å². The third-order valence-corrected chi connectivity index (χ3v) is 3.74. The third kappa shape index (κ3) is 4.45. The van der Waals surface area contributed by atoms with Gasteiger partial charge < -0.3 is 5.32 Å². The van der Waals surface area contributed by atoms with E-state index in [2.05, 4.69) is 36.3 Å². The van der Waals surface area contributed by atoms with Gasteiger partial charge in [0.1, 0.15) is 0 Å². The van der Waals surface area contributed by atoms with E-state index < -0.39 is 0 Å². The van der Waals surface area contributed by atoms with Crippen LogP contribution in [0.25, 0.3) is 11.3 Å². The summed E-state index contributed by atoms with van der Waals surface area (Å²) in [7, 11) is 0. The largest absolute Gasteiger partial charge is 0.349 e. The number of nitrogens with zero attached hydrogens (tertiary/aromatic N) is 1. The highest BCUT2D eigenvalue weighted by Gasteiger charge is 2.16. The minimum atomic E-state index is -0.0651. The highest BCUT2D eigenvalue weighted by Crippen LogP contribution is 2.20. The highest BCUT2D eigenvalue weighted by molar-refractivity contribution is 5.99. The summed E-state index contributed by atoms with van der Waals surface area (Å²) in [5, 5.41) is 10.0. The van der Waals surface area contributed by atoms with E-state index in [0.29, 0.717) is 11.5 Å². The summed E-state index contributed by atoms with van der Waals surface area (Å²) in [5.74, 6) is 0.645. The second-order valence-electron chi connectivity index (χ2n) is 6.22. The average Bonchev–Trinajstić information content (AvgIpc) is 2.97. The topological polar surface area (TPSA) is 57.8 Å². The van der Waals surface area contributed by atoms with Crippen LogP contribution in [0.4, 0.5) is 0 Å². The Kier molecular flexibility index (Phi) is 5.75. The van der Waals surface area contributed by atoms with Crippen LogP contribution < -0.4 is 5.32 Å². The lowest BCUT2D eigenvalue weighted by Crippen LogP contribution is -2.32. The summed E-state index contributed by atoms with van der Waals surface area (Å²) in [6, 6.07) is 9.96. The van der Waals surface area contributed by atoms with Gasteiger partial charge in [0.15, 0.2) is 0 Å². The van der Waals surface area contributed by atoms with Gasteiger partial charge in [0, 0.05) is 11.6 Å². The van der Waals surface area contributed by atoms with E-state index >= 15 is 0 Å². The fourth-order valence-corrected chi connectivity index (χ4v) is 2.49. The van der Waals surface area contributed by atoms with Crippen molar-refractivity contribution in [2.24, 2.45) is 5.92 Å². The number of rotatable bonds is 7. The monoisotopic (exact) mass is 299 g/mol. The number of H-pyrrole nitrogens is 1. The van der Waals surface area contributed by atoms with E-state index in [1.54, 1.807) is 6.20 Å². The fraction of sp³-hybridized carbons (Fsp3) is 0.444. The standard InChI is InChI=1S/C18H25N3O/c1-13(2)8-7-9-14(3)20-18(22)16-12-19-21-17(16)15-10-5-4-6-11-15/h4-6,10-14H,7-9H2,1-3H3,(H,19,21)(H,20,22). The first kappa shape index (κ1) is 16.3. The molecule has 2 aromatic rings. The molecule has 1 amide bonds. The van der Waals surface area contributed by atoms with E-state index in [1.807, 2.05) is 30.3 Å². The van der Waals surface area contributed by atoms with Crippen LogP contribution in [-0.4, -0.2) is 22.1 Å². The van der Waals surface area contributed by atoms with Gasteiger partial charge in [-0.2, -0.15) is 5.10 Å². The van der Waals surface area contributed by atoms with Crippen molar-refractivity contribution in [3.63, 3.8) is 0 Å². The van der Waals surface area contributed by atoms with Gasteiger partial charge in [-0.1, -0.05) is 57.0 Å². The zero-order chi connectivity index (χ0) is 15.9. The Morgan fingerprint density at radius 3 is 2.59 bits per heavy atom. The maximum absolute atomic E-state index is 12.4. The first-order chi connectivity index (χ1) is 10.6. The summed E-state index contributed by atoms with van der Waals surface area (Å²) >= 11 is 0. The molecule has 4 nitrogen and oxygen atoms in total. The molecule has 0 saturated heterocycles. The van der Waals surface area contributed by atoms with Gasteiger partial charge in [0.2, 0.25) is 0 Å². The fourth-order valence-electron chi connectivity index (χ4n) is 2.49. The molecule has 1 unspecified atom stereocenters. The molecule has 0 aliphatic carbocycles. The van der Waals surface area contributed by atoms with Gasteiger partial charge in [0.05, 0.1) is 17.5 Å². The quantitative estimate of drug-likeness (QED) is 0.811. The molecule has 1 aromatic carbocycles. The SMILES string of the molecule is CC(C)CCCC(C)NC(=O)c1cn[nH]c1-c1ccccc1. The molecule has 0 saturated carbocycles. The molecule has 1 atom stereocenters. The molecule has 1 heterocycles. The van der Waals surface area contributed by atoms with Gasteiger partial charge in [-0.15, -0.1) is 0 Å². The molecule has 1 aromatic heterocycles. The van der Waals surface area contributed by atoms with Gasteiger partial charge in [-0.3, -0.25) is 9.89 Å². The number of aromatic amines is 1. The maximum Gasteiger partial charge on any atom is 0.255 e. The Balaban J connectivity index is 1.98. The smallest absolute Gasteiger partial charge is 0.255 e. The highest BCUT2D eigenvalue weighted by atomic mass is 16.1. The summed E-state index contributed by atoms with van der Waals surface area (Å²) in [5.41, 5.74) is 2.34. The molecule has 2 N–H and O–H groups in total. The summed E-state index contributed by atoms with van der Waals surface area (Å²) in [6.07, 6.45) is 4.93. The number of hydrogen-bond donors (Lipinski definition) is 2. The molecule has 0 bridgehead atoms. The van der Waals surface area contributed by atoms with Gasteiger partial charge in [-0.05, 0) is 19.3 Å². The van der Waals surface area contributed by atoms with Crippen molar-refractivity contribution < 1.29 is 4.79 Å². The van der Waals surface area contributed by atoms with Crippen molar-refractivity contribution in [3.05, 3.63) is 42.1 Å². The van der Waals surface area contributed by atoms with Crippen LogP contribution in [0.15, 0.2) is 36.5 Å². The van der Waals surface area contributed by atoms with E-state index in [9.17, 15) is 4.79 Å². The zero-order valence-corrected chi connectivity index (χ0v) is 13.6. The summed E-state index contributed by atoms with van der Waals surface area (Å²) in [4.78, 5) is 12.4. The van der Waals surface area contributed by atoms with E-state index in [1.165, 1.54) is 6.42 Å². The van der Waals surface area contributed by atoms with Crippen molar-refractivity contribution in [2.45, 2.75) is 46.1 Å². The number of aromatic nitrogens is 2. The Morgan fingerprint density at radius 2 is 1.91 bits per heavy atom. The van der Waals surface area contributed by atoms with Crippen LogP contribution in [0.2, 0.25) is 0 Å². The molecule has 0 aliphatic heterocycles. The van der Waals surface area contributed by atoms with Gasteiger partial charge in [-0.25, -0.2) is 0 Å². The Labute approximate surface area is 132 Å². The van der Waals surface area contributed by atoms with Crippen LogP contribution in [0.3, 0.4) is 0 Å². The first-order valence-electron chi connectivity index (χ1n) is 7.97. The number of carbonyl (C=O) groups excluding carboxylic acids is 1. The van der Waals surface area contributed by atoms with Crippen molar-refractivity contribution in [3.8, 4) is 11.3 Å². The molecule has 0 fully saturated rings. The lowest BCUT2D eigenvalue weighted by Gasteiger charge is -2.14. The molecule has 22 heavy (non-hydrogen) atoms. The molecule has 0 radical (unpaired) electrons. The Hall–Kier alpha value is -2.10. The van der Waals surface area contributed by atoms with Crippen LogP contribution in [-0.2, 0) is 0 Å². The van der Waals surface area contributed by atoms with Crippen molar-refractivity contribution in [1.29, 1.82) is 0 Å². The van der Waals surface area contributed by atoms with Crippen LogP contribution >= 0.6 is 0 Å². The minimum Gasteiger partial charge on any atom is -0.349 e. The molecular formula is C18H25N3O. The zero-order valence-electron chi connectivity index (χ0n) is 13.6.